The number of nitrogens with one attached hydrogen (secondary N) is 3. The van der Waals surface area contributed by atoms with Crippen LogP contribution in [0.5, 0.6) is 0 Å². The van der Waals surface area contributed by atoms with Crippen LogP contribution >= 0.6 is 0 Å². The van der Waals surface area contributed by atoms with Crippen LogP contribution in [0.2, 0.25) is 0 Å². The molecule has 0 unspecified atom stereocenters. The normalized spacial score (nSPS) is 11.3. The Morgan fingerprint density at radius 3 is 2.76 bits per heavy atom. The monoisotopic (exact) mass is 347 g/mol. The van der Waals surface area contributed by atoms with E-state index in [1.165, 1.54) is 0 Å². The molecule has 3 N–H and O–H groups in total. The quantitative estimate of drug-likeness (QED) is 0.663. The maximum absolute atomic E-state index is 11.7. The molecule has 25 heavy (non-hydrogen) atoms. The number of alkyl carbamates (subject to hydrolysis) is 1. The second-order valence-corrected chi connectivity index (χ2v) is 6.69. The molecule has 0 fully saturated rings. The zero-order valence-electron chi connectivity index (χ0n) is 14.9. The number of hydrogen-bond donors (Lipinski definition) is 3. The molecule has 0 saturated carbocycles. The van der Waals surface area contributed by atoms with Crippen LogP contribution in [0.4, 0.5) is 4.79 Å². The zero-order chi connectivity index (χ0) is 18.3. The molecule has 0 bridgehead atoms. The molecule has 8 heteroatoms. The number of nitrogens with zero attached hydrogens (tertiary/aromatic N) is 2. The van der Waals surface area contributed by atoms with Crippen LogP contribution in [-0.2, 0) is 16.0 Å². The third kappa shape index (κ3) is 6.78. The van der Waals surface area contributed by atoms with E-state index in [2.05, 4.69) is 25.6 Å². The fraction of sp³-hybridized carbons (Fsp3) is 0.529. The summed E-state index contributed by atoms with van der Waals surface area (Å²) >= 11 is 0. The van der Waals surface area contributed by atoms with Crippen LogP contribution in [0.15, 0.2) is 18.3 Å². The Bertz CT molecular complexity index is 687. The molecule has 0 spiro atoms. The highest BCUT2D eigenvalue weighted by Crippen LogP contribution is 2.08. The van der Waals surface area contributed by atoms with Gasteiger partial charge >= 0.3 is 6.09 Å². The predicted molar refractivity (Wildman–Crippen MR) is 94.1 cm³/mol. The number of aryl methyl sites for hydroxylation is 1. The van der Waals surface area contributed by atoms with Gasteiger partial charge in [-0.05, 0) is 39.3 Å². The van der Waals surface area contributed by atoms with Crippen LogP contribution < -0.4 is 10.6 Å². The van der Waals surface area contributed by atoms with Gasteiger partial charge in [-0.3, -0.25) is 4.79 Å². The largest absolute Gasteiger partial charge is 0.444 e. The molecular formula is C17H25N5O3. The highest BCUT2D eigenvalue weighted by molar-refractivity contribution is 5.77. The van der Waals surface area contributed by atoms with Crippen LogP contribution in [0.25, 0.3) is 11.2 Å². The smallest absolute Gasteiger partial charge is 0.407 e. The molecule has 0 aliphatic rings. The molecule has 8 nitrogen and oxygen atoms in total. The third-order valence-electron chi connectivity index (χ3n) is 3.24. The van der Waals surface area contributed by atoms with Crippen molar-refractivity contribution in [3.05, 3.63) is 24.2 Å². The van der Waals surface area contributed by atoms with Crippen molar-refractivity contribution in [3.63, 3.8) is 0 Å². The zero-order valence-corrected chi connectivity index (χ0v) is 14.9. The number of aromatic amines is 1. The number of ether oxygens (including phenoxy) is 1. The van der Waals surface area contributed by atoms with Gasteiger partial charge in [0.15, 0.2) is 5.65 Å². The van der Waals surface area contributed by atoms with Crippen LogP contribution in [0, 0.1) is 0 Å². The van der Waals surface area contributed by atoms with Crippen LogP contribution in [0.3, 0.4) is 0 Å². The minimum absolute atomic E-state index is 0.109. The van der Waals surface area contributed by atoms with E-state index in [0.717, 1.165) is 24.2 Å². The van der Waals surface area contributed by atoms with Gasteiger partial charge in [-0.1, -0.05) is 0 Å². The van der Waals surface area contributed by atoms with Gasteiger partial charge in [-0.15, -0.1) is 0 Å². The molecular weight excluding hydrogens is 322 g/mol. The molecule has 2 rings (SSSR count). The number of pyridine rings is 1. The Labute approximate surface area is 146 Å². The molecule has 2 aromatic heterocycles. The molecule has 2 heterocycles. The number of imidazole rings is 1. The number of hydrogen-bond acceptors (Lipinski definition) is 5. The molecule has 2 aromatic rings. The Morgan fingerprint density at radius 2 is 2.04 bits per heavy atom. The molecule has 0 aliphatic heterocycles. The van der Waals surface area contributed by atoms with Gasteiger partial charge < -0.3 is 20.4 Å². The molecule has 0 saturated heterocycles. The summed E-state index contributed by atoms with van der Waals surface area (Å²) in [5.41, 5.74) is 1.07. The van der Waals surface area contributed by atoms with Gasteiger partial charge in [-0.25, -0.2) is 14.8 Å². The Balaban J connectivity index is 1.58. The lowest BCUT2D eigenvalue weighted by Gasteiger charge is -2.19. The number of carbonyl (C=O) groups is 2. The average Bonchev–Trinajstić information content (AvgIpc) is 2.92. The van der Waals surface area contributed by atoms with Gasteiger partial charge in [-0.2, -0.15) is 0 Å². The van der Waals surface area contributed by atoms with Crippen molar-refractivity contribution >= 4 is 23.2 Å². The number of carbonyl (C=O) groups excluding carboxylic acids is 2. The molecule has 0 aromatic carbocycles. The SMILES string of the molecule is CC(C)(C)OC(=O)NCCC(=O)NCCCc1nc2ncccc2[nH]1. The fourth-order valence-electron chi connectivity index (χ4n) is 2.18. The average molecular weight is 347 g/mol. The first kappa shape index (κ1) is 18.7. The first-order valence-electron chi connectivity index (χ1n) is 8.37. The van der Waals surface area contributed by atoms with E-state index in [4.69, 9.17) is 4.74 Å². The van der Waals surface area contributed by atoms with Crippen LogP contribution in [-0.4, -0.2) is 45.6 Å². The summed E-state index contributed by atoms with van der Waals surface area (Å²) in [6.07, 6.45) is 2.91. The predicted octanol–water partition coefficient (Wildman–Crippen LogP) is 1.92. The summed E-state index contributed by atoms with van der Waals surface area (Å²) < 4.78 is 5.09. The molecule has 0 radical (unpaired) electrons. The van der Waals surface area contributed by atoms with Crippen molar-refractivity contribution in [1.82, 2.24) is 25.6 Å². The lowest BCUT2D eigenvalue weighted by atomic mass is 10.2. The molecule has 0 atom stereocenters. The van der Waals surface area contributed by atoms with Gasteiger partial charge in [0.2, 0.25) is 5.91 Å². The van der Waals surface area contributed by atoms with Crippen molar-refractivity contribution in [3.8, 4) is 0 Å². The Kier molecular flexibility index (Phi) is 6.32. The van der Waals surface area contributed by atoms with Crippen molar-refractivity contribution in [1.29, 1.82) is 0 Å². The van der Waals surface area contributed by atoms with E-state index in [9.17, 15) is 9.59 Å². The molecule has 2 amide bonds. The summed E-state index contributed by atoms with van der Waals surface area (Å²) in [5.74, 6) is 0.747. The van der Waals surface area contributed by atoms with Gasteiger partial charge in [0.05, 0.1) is 5.52 Å². The van der Waals surface area contributed by atoms with E-state index in [0.29, 0.717) is 12.2 Å². The van der Waals surface area contributed by atoms with E-state index in [1.54, 1.807) is 27.0 Å². The third-order valence-corrected chi connectivity index (χ3v) is 3.24. The second kappa shape index (κ2) is 8.46. The summed E-state index contributed by atoms with van der Waals surface area (Å²) in [6.45, 7) is 6.16. The lowest BCUT2D eigenvalue weighted by molar-refractivity contribution is -0.120. The molecule has 136 valence electrons. The van der Waals surface area contributed by atoms with E-state index in [-0.39, 0.29) is 18.9 Å². The summed E-state index contributed by atoms with van der Waals surface area (Å²) in [7, 11) is 0. The van der Waals surface area contributed by atoms with Gasteiger partial charge in [0.25, 0.3) is 0 Å². The first-order chi connectivity index (χ1) is 11.8. The van der Waals surface area contributed by atoms with Crippen molar-refractivity contribution in [2.75, 3.05) is 13.1 Å². The maximum Gasteiger partial charge on any atom is 0.407 e. The first-order valence-corrected chi connectivity index (χ1v) is 8.37. The molecule has 0 aliphatic carbocycles. The van der Waals surface area contributed by atoms with Crippen molar-refractivity contribution in [2.24, 2.45) is 0 Å². The summed E-state index contributed by atoms with van der Waals surface area (Å²) in [4.78, 5) is 34.9. The minimum atomic E-state index is -0.543. The highest BCUT2D eigenvalue weighted by atomic mass is 16.6. The van der Waals surface area contributed by atoms with Gasteiger partial charge in [0.1, 0.15) is 11.4 Å². The van der Waals surface area contributed by atoms with E-state index < -0.39 is 11.7 Å². The Hall–Kier alpha value is -2.64. The number of rotatable bonds is 7. The number of aromatic nitrogens is 3. The maximum atomic E-state index is 11.7. The topological polar surface area (TPSA) is 109 Å². The van der Waals surface area contributed by atoms with Crippen molar-refractivity contribution < 1.29 is 14.3 Å². The highest BCUT2D eigenvalue weighted by Gasteiger charge is 2.15. The Morgan fingerprint density at radius 1 is 1.24 bits per heavy atom. The second-order valence-electron chi connectivity index (χ2n) is 6.69. The van der Waals surface area contributed by atoms with E-state index >= 15 is 0 Å². The van der Waals surface area contributed by atoms with Crippen molar-refractivity contribution in [2.45, 2.75) is 45.6 Å². The lowest BCUT2D eigenvalue weighted by Crippen LogP contribution is -2.35. The minimum Gasteiger partial charge on any atom is -0.444 e. The number of amides is 2. The number of H-pyrrole nitrogens is 1. The van der Waals surface area contributed by atoms with E-state index in [1.807, 2.05) is 12.1 Å². The number of fused-ring (bicyclic) bond motifs is 1. The van der Waals surface area contributed by atoms with Gasteiger partial charge in [0, 0.05) is 32.1 Å². The summed E-state index contributed by atoms with van der Waals surface area (Å²) in [6, 6.07) is 3.79. The fourth-order valence-corrected chi connectivity index (χ4v) is 2.18. The summed E-state index contributed by atoms with van der Waals surface area (Å²) in [5, 5.41) is 5.38. The standard InChI is InChI=1S/C17H25N5O3/c1-17(2,3)25-16(24)20-11-8-14(23)18-9-5-7-13-21-12-6-4-10-19-15(12)22-13/h4,6,10H,5,7-9,11H2,1-3H3,(H,18,23)(H,20,24)(H,19,21,22). The van der Waals surface area contributed by atoms with Crippen LogP contribution in [0.1, 0.15) is 39.4 Å².